The number of carbonyl (C=O) groups excluding carboxylic acids is 2. The molecule has 0 aliphatic carbocycles. The second kappa shape index (κ2) is 11.3. The van der Waals surface area contributed by atoms with E-state index in [4.69, 9.17) is 0 Å². The van der Waals surface area contributed by atoms with E-state index in [1.165, 1.54) is 5.56 Å². The van der Waals surface area contributed by atoms with E-state index in [1.807, 2.05) is 78.9 Å². The quantitative estimate of drug-likeness (QED) is 0.319. The van der Waals surface area contributed by atoms with Gasteiger partial charge in [0.05, 0.1) is 5.56 Å². The maximum absolute atomic E-state index is 13.4. The molecule has 188 valence electrons. The lowest BCUT2D eigenvalue weighted by Gasteiger charge is -2.33. The van der Waals surface area contributed by atoms with Crippen LogP contribution in [0, 0.1) is 5.92 Å². The molecule has 0 spiro atoms. The first kappa shape index (κ1) is 24.6. The molecule has 5 heteroatoms. The molecule has 0 atom stereocenters. The molecule has 0 unspecified atom stereocenters. The fourth-order valence-electron chi connectivity index (χ4n) is 5.00. The van der Waals surface area contributed by atoms with Gasteiger partial charge in [-0.2, -0.15) is 0 Å². The van der Waals surface area contributed by atoms with Crippen LogP contribution in [0.15, 0.2) is 91.0 Å². The fraction of sp³-hybridized carbons (Fsp3) is 0.250. The summed E-state index contributed by atoms with van der Waals surface area (Å²) in [5.74, 6) is 0.385. The van der Waals surface area contributed by atoms with E-state index in [0.717, 1.165) is 48.8 Å². The molecule has 1 fully saturated rings. The van der Waals surface area contributed by atoms with Crippen molar-refractivity contribution < 1.29 is 9.59 Å². The Morgan fingerprint density at radius 2 is 1.54 bits per heavy atom. The van der Waals surface area contributed by atoms with Crippen LogP contribution in [0.4, 0.5) is 11.4 Å². The molecular weight excluding hydrogens is 458 g/mol. The van der Waals surface area contributed by atoms with Crippen molar-refractivity contribution in [1.29, 1.82) is 0 Å². The summed E-state index contributed by atoms with van der Waals surface area (Å²) in [6.07, 6.45) is 2.98. The third kappa shape index (κ3) is 5.83. The third-order valence-electron chi connectivity index (χ3n) is 7.20. The smallest absolute Gasteiger partial charge is 0.256 e. The zero-order valence-electron chi connectivity index (χ0n) is 21.2. The lowest BCUT2D eigenvalue weighted by molar-refractivity contribution is 0.0953. The number of rotatable bonds is 7. The van der Waals surface area contributed by atoms with E-state index in [9.17, 15) is 9.59 Å². The first-order valence-corrected chi connectivity index (χ1v) is 13.1. The van der Waals surface area contributed by atoms with Crippen molar-refractivity contribution in [2.75, 3.05) is 29.9 Å². The molecule has 4 aromatic rings. The summed E-state index contributed by atoms with van der Waals surface area (Å²) >= 11 is 0. The molecule has 1 saturated heterocycles. The predicted molar refractivity (Wildman–Crippen MR) is 151 cm³/mol. The molecule has 2 N–H and O–H groups in total. The fourth-order valence-corrected chi connectivity index (χ4v) is 5.00. The monoisotopic (exact) mass is 491 g/mol. The summed E-state index contributed by atoms with van der Waals surface area (Å²) in [7, 11) is 0. The Kier molecular flexibility index (Phi) is 7.50. The molecule has 0 bridgehead atoms. The van der Waals surface area contributed by atoms with Gasteiger partial charge in [-0.3, -0.25) is 9.59 Å². The Labute approximate surface area is 218 Å². The van der Waals surface area contributed by atoms with Crippen LogP contribution in [0.2, 0.25) is 0 Å². The van der Waals surface area contributed by atoms with Crippen molar-refractivity contribution >= 4 is 34.0 Å². The maximum Gasteiger partial charge on any atom is 0.256 e. The van der Waals surface area contributed by atoms with Crippen LogP contribution in [-0.2, 0) is 6.42 Å². The number of benzene rings is 4. The summed E-state index contributed by atoms with van der Waals surface area (Å²) < 4.78 is 0. The van der Waals surface area contributed by atoms with Gasteiger partial charge in [-0.05, 0) is 65.8 Å². The largest absolute Gasteiger partial charge is 0.371 e. The van der Waals surface area contributed by atoms with Gasteiger partial charge in [0, 0.05) is 36.6 Å². The average Bonchev–Trinajstić information content (AvgIpc) is 2.93. The highest BCUT2D eigenvalue weighted by Crippen LogP contribution is 2.29. The lowest BCUT2D eigenvalue weighted by atomic mass is 9.97. The van der Waals surface area contributed by atoms with Crippen LogP contribution in [0.1, 0.15) is 46.0 Å². The van der Waals surface area contributed by atoms with Crippen LogP contribution in [-0.4, -0.2) is 31.4 Å². The van der Waals surface area contributed by atoms with Crippen LogP contribution >= 0.6 is 0 Å². The van der Waals surface area contributed by atoms with Gasteiger partial charge in [0.1, 0.15) is 0 Å². The number of hydrogen-bond donors (Lipinski definition) is 2. The second-order valence-electron chi connectivity index (χ2n) is 9.87. The van der Waals surface area contributed by atoms with E-state index in [2.05, 4.69) is 34.6 Å². The van der Waals surface area contributed by atoms with Gasteiger partial charge >= 0.3 is 0 Å². The Hall–Kier alpha value is -4.12. The van der Waals surface area contributed by atoms with E-state index < -0.39 is 0 Å². The highest BCUT2D eigenvalue weighted by Gasteiger charge is 2.22. The molecule has 1 heterocycles. The standard InChI is InChI=1S/C32H33N3O2/c1-23-17-20-35(21-18-23)30-15-14-26(22-29(30)31(36)33-19-16-24-8-3-2-4-9-24)34-32(37)28-13-7-11-25-10-5-6-12-27(25)28/h2-15,22-23H,16-21H2,1H3,(H,33,36)(H,34,37). The first-order valence-electron chi connectivity index (χ1n) is 13.1. The summed E-state index contributed by atoms with van der Waals surface area (Å²) in [5.41, 5.74) is 3.93. The number of fused-ring (bicyclic) bond motifs is 1. The summed E-state index contributed by atoms with van der Waals surface area (Å²) in [5, 5.41) is 8.04. The number of hydrogen-bond acceptors (Lipinski definition) is 3. The van der Waals surface area contributed by atoms with Crippen molar-refractivity contribution in [2.24, 2.45) is 5.92 Å². The molecular formula is C32H33N3O2. The van der Waals surface area contributed by atoms with E-state index >= 15 is 0 Å². The maximum atomic E-state index is 13.4. The van der Waals surface area contributed by atoms with Gasteiger partial charge in [-0.25, -0.2) is 0 Å². The Balaban J connectivity index is 1.38. The third-order valence-corrected chi connectivity index (χ3v) is 7.20. The van der Waals surface area contributed by atoms with Crippen LogP contribution in [0.3, 0.4) is 0 Å². The van der Waals surface area contributed by atoms with E-state index in [0.29, 0.717) is 29.3 Å². The van der Waals surface area contributed by atoms with Crippen molar-refractivity contribution in [3.05, 3.63) is 108 Å². The number of amides is 2. The molecule has 1 aliphatic rings. The Morgan fingerprint density at radius 1 is 0.811 bits per heavy atom. The molecule has 0 saturated carbocycles. The zero-order valence-corrected chi connectivity index (χ0v) is 21.2. The molecule has 1 aliphatic heterocycles. The lowest BCUT2D eigenvalue weighted by Crippen LogP contribution is -2.35. The second-order valence-corrected chi connectivity index (χ2v) is 9.87. The van der Waals surface area contributed by atoms with Crippen LogP contribution < -0.4 is 15.5 Å². The highest BCUT2D eigenvalue weighted by molar-refractivity contribution is 6.13. The van der Waals surface area contributed by atoms with Crippen molar-refractivity contribution in [3.63, 3.8) is 0 Å². The number of piperidine rings is 1. The summed E-state index contributed by atoms with van der Waals surface area (Å²) in [6, 6.07) is 29.4. The van der Waals surface area contributed by atoms with Gasteiger partial charge in [0.25, 0.3) is 11.8 Å². The molecule has 5 rings (SSSR count). The van der Waals surface area contributed by atoms with Crippen molar-refractivity contribution in [2.45, 2.75) is 26.2 Å². The zero-order chi connectivity index (χ0) is 25.6. The van der Waals surface area contributed by atoms with Crippen molar-refractivity contribution in [3.8, 4) is 0 Å². The van der Waals surface area contributed by atoms with E-state index in [1.54, 1.807) is 0 Å². The Morgan fingerprint density at radius 3 is 2.35 bits per heavy atom. The Bertz CT molecular complexity index is 1390. The summed E-state index contributed by atoms with van der Waals surface area (Å²) in [6.45, 7) is 4.67. The highest BCUT2D eigenvalue weighted by atomic mass is 16.2. The minimum absolute atomic E-state index is 0.120. The molecule has 0 aromatic heterocycles. The normalized spacial score (nSPS) is 13.9. The topological polar surface area (TPSA) is 61.4 Å². The van der Waals surface area contributed by atoms with Crippen molar-refractivity contribution in [1.82, 2.24) is 5.32 Å². The number of anilines is 2. The summed E-state index contributed by atoms with van der Waals surface area (Å²) in [4.78, 5) is 28.9. The van der Waals surface area contributed by atoms with Crippen LogP contribution in [0.5, 0.6) is 0 Å². The minimum atomic E-state index is -0.188. The molecule has 0 radical (unpaired) electrons. The average molecular weight is 492 g/mol. The molecule has 4 aromatic carbocycles. The van der Waals surface area contributed by atoms with Gasteiger partial charge in [-0.15, -0.1) is 0 Å². The van der Waals surface area contributed by atoms with Gasteiger partial charge in [0.2, 0.25) is 0 Å². The van der Waals surface area contributed by atoms with E-state index in [-0.39, 0.29) is 11.8 Å². The number of carbonyl (C=O) groups is 2. The van der Waals surface area contributed by atoms with Crippen LogP contribution in [0.25, 0.3) is 10.8 Å². The van der Waals surface area contributed by atoms with Gasteiger partial charge in [0.15, 0.2) is 0 Å². The van der Waals surface area contributed by atoms with Gasteiger partial charge in [-0.1, -0.05) is 73.7 Å². The SMILES string of the molecule is CC1CCN(c2ccc(NC(=O)c3cccc4ccccc34)cc2C(=O)NCCc2ccccc2)CC1. The van der Waals surface area contributed by atoms with Gasteiger partial charge < -0.3 is 15.5 Å². The molecule has 37 heavy (non-hydrogen) atoms. The molecule has 5 nitrogen and oxygen atoms in total. The number of nitrogens with one attached hydrogen (secondary N) is 2. The predicted octanol–water partition coefficient (Wildman–Crippen LogP) is 6.30. The number of nitrogens with zero attached hydrogens (tertiary/aromatic N) is 1. The first-order chi connectivity index (χ1) is 18.1. The molecule has 2 amide bonds. The minimum Gasteiger partial charge on any atom is -0.371 e.